The van der Waals surface area contributed by atoms with Crippen LogP contribution in [-0.2, 0) is 9.59 Å². The van der Waals surface area contributed by atoms with Gasteiger partial charge in [-0.2, -0.15) is 0 Å². The molecule has 0 aromatic heterocycles. The molecule has 1 atom stereocenters. The Morgan fingerprint density at radius 2 is 2.14 bits per heavy atom. The van der Waals surface area contributed by atoms with Crippen LogP contribution in [0.4, 0.5) is 5.69 Å². The molecular weight excluding hydrogens is 320 g/mol. The highest BCUT2D eigenvalue weighted by Gasteiger charge is 2.34. The third kappa shape index (κ3) is 3.10. The molecule has 22 heavy (non-hydrogen) atoms. The third-order valence-corrected chi connectivity index (χ3v) is 5.63. The van der Waals surface area contributed by atoms with Crippen LogP contribution in [0.5, 0.6) is 0 Å². The molecular formula is C16H19ClN2O2S. The van der Waals surface area contributed by atoms with E-state index in [1.54, 1.807) is 23.6 Å². The quantitative estimate of drug-likeness (QED) is 0.790. The van der Waals surface area contributed by atoms with Crippen LogP contribution in [0.3, 0.4) is 0 Å². The maximum absolute atomic E-state index is 12.9. The van der Waals surface area contributed by atoms with Crippen molar-refractivity contribution in [3.05, 3.63) is 23.2 Å². The Balaban J connectivity index is 1.84. The zero-order valence-electron chi connectivity index (χ0n) is 12.5. The van der Waals surface area contributed by atoms with Crippen LogP contribution in [0, 0.1) is 5.92 Å². The summed E-state index contributed by atoms with van der Waals surface area (Å²) in [7, 11) is 0. The van der Waals surface area contributed by atoms with Gasteiger partial charge in [0.1, 0.15) is 0 Å². The molecule has 2 aliphatic heterocycles. The minimum absolute atomic E-state index is 0.0465. The van der Waals surface area contributed by atoms with Gasteiger partial charge >= 0.3 is 0 Å². The number of hydrogen-bond acceptors (Lipinski definition) is 3. The van der Waals surface area contributed by atoms with E-state index in [2.05, 4.69) is 0 Å². The standard InChI is InChI=1S/C16H19ClN2O2S/c1-11(20)18-7-5-12(10-18)16(21)19-6-2-8-22-15-4-3-13(17)9-14(15)19/h3-4,9,12H,2,5-8,10H2,1H3. The van der Waals surface area contributed by atoms with Crippen molar-refractivity contribution in [2.45, 2.75) is 24.7 Å². The summed E-state index contributed by atoms with van der Waals surface area (Å²) in [6.07, 6.45) is 1.71. The molecule has 1 aromatic rings. The molecule has 1 saturated heterocycles. The number of benzene rings is 1. The zero-order chi connectivity index (χ0) is 15.7. The maximum atomic E-state index is 12.9. The fourth-order valence-corrected chi connectivity index (χ4v) is 4.19. The number of thioether (sulfide) groups is 1. The highest BCUT2D eigenvalue weighted by molar-refractivity contribution is 7.99. The molecule has 0 bridgehead atoms. The summed E-state index contributed by atoms with van der Waals surface area (Å²) in [4.78, 5) is 29.1. The third-order valence-electron chi connectivity index (χ3n) is 4.24. The second-order valence-corrected chi connectivity index (χ2v) is 7.33. The van der Waals surface area contributed by atoms with E-state index in [4.69, 9.17) is 11.6 Å². The molecule has 0 spiro atoms. The number of carbonyl (C=O) groups is 2. The first-order chi connectivity index (χ1) is 10.6. The van der Waals surface area contributed by atoms with Crippen molar-refractivity contribution in [1.82, 2.24) is 4.90 Å². The van der Waals surface area contributed by atoms with Gasteiger partial charge in [-0.1, -0.05) is 11.6 Å². The molecule has 2 amide bonds. The molecule has 3 rings (SSSR count). The smallest absolute Gasteiger partial charge is 0.231 e. The Bertz CT molecular complexity index is 608. The Hall–Kier alpha value is -1.20. The molecule has 2 heterocycles. The van der Waals surface area contributed by atoms with Crippen molar-refractivity contribution in [1.29, 1.82) is 0 Å². The van der Waals surface area contributed by atoms with Crippen molar-refractivity contribution in [3.8, 4) is 0 Å². The van der Waals surface area contributed by atoms with Gasteiger partial charge in [0, 0.05) is 36.5 Å². The van der Waals surface area contributed by atoms with Gasteiger partial charge in [0.15, 0.2) is 0 Å². The predicted octanol–water partition coefficient (Wildman–Crippen LogP) is 3.04. The number of likely N-dealkylation sites (tertiary alicyclic amines) is 1. The number of hydrogen-bond donors (Lipinski definition) is 0. The minimum Gasteiger partial charge on any atom is -0.342 e. The van der Waals surface area contributed by atoms with E-state index in [1.165, 1.54) is 0 Å². The lowest BCUT2D eigenvalue weighted by Gasteiger charge is -2.25. The van der Waals surface area contributed by atoms with Crippen LogP contribution in [0.1, 0.15) is 19.8 Å². The summed E-state index contributed by atoms with van der Waals surface area (Å²) in [5.74, 6) is 1.07. The molecule has 0 saturated carbocycles. The first-order valence-corrected chi connectivity index (χ1v) is 8.92. The summed E-state index contributed by atoms with van der Waals surface area (Å²) in [6, 6.07) is 5.74. The first kappa shape index (κ1) is 15.7. The highest BCUT2D eigenvalue weighted by Crippen LogP contribution is 2.37. The van der Waals surface area contributed by atoms with Gasteiger partial charge in [0.2, 0.25) is 11.8 Å². The Kier molecular flexibility index (Phi) is 4.64. The number of anilines is 1. The Morgan fingerprint density at radius 3 is 2.86 bits per heavy atom. The molecule has 1 unspecified atom stereocenters. The van der Waals surface area contributed by atoms with E-state index in [9.17, 15) is 9.59 Å². The van der Waals surface area contributed by atoms with E-state index in [0.717, 1.165) is 35.7 Å². The molecule has 0 radical (unpaired) electrons. The topological polar surface area (TPSA) is 40.6 Å². The zero-order valence-corrected chi connectivity index (χ0v) is 14.1. The molecule has 2 aliphatic rings. The SMILES string of the molecule is CC(=O)N1CCC(C(=O)N2CCCSc3ccc(Cl)cc32)C1. The average molecular weight is 339 g/mol. The van der Waals surface area contributed by atoms with Gasteiger partial charge in [0.05, 0.1) is 11.6 Å². The number of amides is 2. The van der Waals surface area contributed by atoms with Gasteiger partial charge in [0.25, 0.3) is 0 Å². The van der Waals surface area contributed by atoms with Crippen LogP contribution < -0.4 is 4.90 Å². The molecule has 6 heteroatoms. The lowest BCUT2D eigenvalue weighted by molar-refractivity contribution is -0.128. The Morgan fingerprint density at radius 1 is 1.32 bits per heavy atom. The van der Waals surface area contributed by atoms with Crippen molar-refractivity contribution < 1.29 is 9.59 Å². The molecule has 1 aromatic carbocycles. The van der Waals surface area contributed by atoms with E-state index >= 15 is 0 Å². The van der Waals surface area contributed by atoms with Crippen LogP contribution in [0.25, 0.3) is 0 Å². The van der Waals surface area contributed by atoms with Gasteiger partial charge in [-0.3, -0.25) is 9.59 Å². The fourth-order valence-electron chi connectivity index (χ4n) is 3.05. The predicted molar refractivity (Wildman–Crippen MR) is 89.5 cm³/mol. The van der Waals surface area contributed by atoms with Crippen LogP contribution in [0.15, 0.2) is 23.1 Å². The summed E-state index contributed by atoms with van der Waals surface area (Å²) < 4.78 is 0. The van der Waals surface area contributed by atoms with E-state index in [1.807, 2.05) is 23.1 Å². The number of fused-ring (bicyclic) bond motifs is 1. The monoisotopic (exact) mass is 338 g/mol. The van der Waals surface area contributed by atoms with Crippen LogP contribution in [0.2, 0.25) is 5.02 Å². The number of rotatable bonds is 1. The van der Waals surface area contributed by atoms with Gasteiger partial charge in [-0.15, -0.1) is 11.8 Å². The normalized spacial score (nSPS) is 21.5. The molecule has 1 fully saturated rings. The van der Waals surface area contributed by atoms with E-state index < -0.39 is 0 Å². The van der Waals surface area contributed by atoms with Crippen molar-refractivity contribution >= 4 is 40.9 Å². The average Bonchev–Trinajstić information content (AvgIpc) is 2.89. The van der Waals surface area contributed by atoms with Crippen molar-refractivity contribution in [2.75, 3.05) is 30.3 Å². The first-order valence-electron chi connectivity index (χ1n) is 7.55. The largest absolute Gasteiger partial charge is 0.342 e. The molecule has 0 N–H and O–H groups in total. The van der Waals surface area contributed by atoms with Crippen LogP contribution >= 0.6 is 23.4 Å². The molecule has 0 aliphatic carbocycles. The number of carbonyl (C=O) groups excluding carboxylic acids is 2. The van der Waals surface area contributed by atoms with Gasteiger partial charge < -0.3 is 9.80 Å². The summed E-state index contributed by atoms with van der Waals surface area (Å²) in [5, 5.41) is 0.649. The number of nitrogens with zero attached hydrogens (tertiary/aromatic N) is 2. The lowest BCUT2D eigenvalue weighted by Crippen LogP contribution is -2.38. The second-order valence-electron chi connectivity index (χ2n) is 5.75. The highest BCUT2D eigenvalue weighted by atomic mass is 35.5. The fraction of sp³-hybridized carbons (Fsp3) is 0.500. The van der Waals surface area contributed by atoms with Crippen molar-refractivity contribution in [3.63, 3.8) is 0 Å². The lowest BCUT2D eigenvalue weighted by atomic mass is 10.1. The van der Waals surface area contributed by atoms with Crippen LogP contribution in [-0.4, -0.2) is 42.1 Å². The number of halogens is 1. The molecule has 118 valence electrons. The van der Waals surface area contributed by atoms with Gasteiger partial charge in [-0.05, 0) is 36.8 Å². The minimum atomic E-state index is -0.0983. The second kappa shape index (κ2) is 6.50. The van der Waals surface area contributed by atoms with Gasteiger partial charge in [-0.25, -0.2) is 0 Å². The summed E-state index contributed by atoms with van der Waals surface area (Å²) >= 11 is 7.89. The summed E-state index contributed by atoms with van der Waals surface area (Å²) in [5.41, 5.74) is 0.918. The van der Waals surface area contributed by atoms with E-state index in [-0.39, 0.29) is 17.7 Å². The Labute approximate surface area is 139 Å². The van der Waals surface area contributed by atoms with Crippen molar-refractivity contribution in [2.24, 2.45) is 5.92 Å². The summed E-state index contributed by atoms with van der Waals surface area (Å²) in [6.45, 7) is 3.49. The maximum Gasteiger partial charge on any atom is 0.231 e. The van der Waals surface area contributed by atoms with E-state index in [0.29, 0.717) is 18.1 Å². The molecule has 4 nitrogen and oxygen atoms in total.